The van der Waals surface area contributed by atoms with Crippen LogP contribution in [0.2, 0.25) is 0 Å². The Hall–Kier alpha value is -1.77. The molecular weight excluding hydrogens is 440 g/mol. The minimum atomic E-state index is -0.612. The Morgan fingerprint density at radius 1 is 1.21 bits per heavy atom. The van der Waals surface area contributed by atoms with Gasteiger partial charge in [0.25, 0.3) is 0 Å². The predicted molar refractivity (Wildman–Crippen MR) is 128 cm³/mol. The summed E-state index contributed by atoms with van der Waals surface area (Å²) >= 11 is 1.58. The lowest BCUT2D eigenvalue weighted by Gasteiger charge is -2.59. The summed E-state index contributed by atoms with van der Waals surface area (Å²) in [5.41, 5.74) is 1.51. The summed E-state index contributed by atoms with van der Waals surface area (Å²) < 4.78 is 17.3. The first-order valence-electron chi connectivity index (χ1n) is 11.9. The highest BCUT2D eigenvalue weighted by Gasteiger charge is 2.71. The quantitative estimate of drug-likeness (QED) is 0.463. The van der Waals surface area contributed by atoms with Crippen LogP contribution in [0.15, 0.2) is 18.2 Å². The number of carbonyl (C=O) groups excluding carboxylic acids is 2. The molecule has 8 heteroatoms. The van der Waals surface area contributed by atoms with Crippen molar-refractivity contribution in [1.29, 1.82) is 0 Å². The largest absolute Gasteiger partial charge is 0.495 e. The molecule has 5 rings (SSSR count). The summed E-state index contributed by atoms with van der Waals surface area (Å²) in [5, 5.41) is 0. The highest BCUT2D eigenvalue weighted by atomic mass is 32.2. The van der Waals surface area contributed by atoms with Gasteiger partial charge in [0.2, 0.25) is 5.91 Å². The molecule has 1 aliphatic carbocycles. The Bertz CT molecular complexity index is 957. The first-order valence-corrected chi connectivity index (χ1v) is 13.3. The van der Waals surface area contributed by atoms with Crippen LogP contribution in [0.25, 0.3) is 0 Å². The van der Waals surface area contributed by atoms with Gasteiger partial charge in [-0.3, -0.25) is 9.69 Å². The van der Waals surface area contributed by atoms with E-state index < -0.39 is 6.10 Å². The standard InChI is InChI=1S/C25H34N2O5S/c1-16(28)27-19-9-11-24(21(22(29)31-3)32-15-33-4)10-6-13-26-14-12-25(19,23(24)26)17-7-5-8-18(30-2)20(17)27/h5,7-8,19,21,23H,6,9-15H2,1-4H3/t19-,21?,23-,24-,25-/m1/s1. The first-order chi connectivity index (χ1) is 16.0. The van der Waals surface area contributed by atoms with Crippen LogP contribution in [0, 0.1) is 5.41 Å². The van der Waals surface area contributed by atoms with E-state index in [-0.39, 0.29) is 34.8 Å². The van der Waals surface area contributed by atoms with Crippen LogP contribution in [-0.2, 0) is 24.5 Å². The Labute approximate surface area is 200 Å². The molecule has 0 radical (unpaired) electrons. The van der Waals surface area contributed by atoms with Gasteiger partial charge in [-0.25, -0.2) is 4.79 Å². The molecule has 180 valence electrons. The van der Waals surface area contributed by atoms with Crippen LogP contribution in [0.4, 0.5) is 5.69 Å². The molecule has 1 saturated carbocycles. The summed E-state index contributed by atoms with van der Waals surface area (Å²) in [6.07, 6.45) is 5.96. The number of piperidine rings is 1. The van der Waals surface area contributed by atoms with Crippen molar-refractivity contribution in [2.24, 2.45) is 5.41 Å². The van der Waals surface area contributed by atoms with Crippen LogP contribution in [0.3, 0.4) is 0 Å². The molecule has 7 nitrogen and oxygen atoms in total. The number of benzene rings is 1. The average Bonchev–Trinajstić information content (AvgIpc) is 3.36. The van der Waals surface area contributed by atoms with Crippen molar-refractivity contribution in [2.75, 3.05) is 44.4 Å². The molecule has 1 amide bonds. The highest BCUT2D eigenvalue weighted by molar-refractivity contribution is 7.98. The predicted octanol–water partition coefficient (Wildman–Crippen LogP) is 3.20. The van der Waals surface area contributed by atoms with Crippen LogP contribution < -0.4 is 9.64 Å². The second-order valence-corrected chi connectivity index (χ2v) is 10.7. The number of ether oxygens (including phenoxy) is 3. The number of methoxy groups -OCH3 is 2. The molecule has 0 aromatic heterocycles. The molecule has 1 aromatic rings. The maximum Gasteiger partial charge on any atom is 0.335 e. The zero-order valence-electron chi connectivity index (χ0n) is 20.0. The molecule has 3 aliphatic heterocycles. The van der Waals surface area contributed by atoms with E-state index >= 15 is 0 Å². The van der Waals surface area contributed by atoms with E-state index in [9.17, 15) is 9.59 Å². The Balaban J connectivity index is 1.71. The van der Waals surface area contributed by atoms with Crippen molar-refractivity contribution in [1.82, 2.24) is 4.90 Å². The van der Waals surface area contributed by atoms with Gasteiger partial charge in [0, 0.05) is 29.8 Å². The number of carbonyl (C=O) groups is 2. The van der Waals surface area contributed by atoms with Crippen molar-refractivity contribution in [2.45, 2.75) is 62.6 Å². The van der Waals surface area contributed by atoms with Gasteiger partial charge in [0.1, 0.15) is 5.75 Å². The monoisotopic (exact) mass is 474 g/mol. The number of hydrogen-bond donors (Lipinski definition) is 0. The molecule has 1 aromatic carbocycles. The molecule has 33 heavy (non-hydrogen) atoms. The van der Waals surface area contributed by atoms with Gasteiger partial charge >= 0.3 is 5.97 Å². The van der Waals surface area contributed by atoms with E-state index in [2.05, 4.69) is 11.0 Å². The van der Waals surface area contributed by atoms with E-state index in [1.54, 1.807) is 25.8 Å². The van der Waals surface area contributed by atoms with Crippen LogP contribution in [0.5, 0.6) is 5.75 Å². The number of amides is 1. The average molecular weight is 475 g/mol. The lowest BCUT2D eigenvalue weighted by Crippen LogP contribution is -2.69. The number of anilines is 1. The lowest BCUT2D eigenvalue weighted by atomic mass is 9.51. The maximum absolute atomic E-state index is 13.1. The number of rotatable bonds is 6. The molecular formula is C25H34N2O5S. The third-order valence-corrected chi connectivity index (χ3v) is 9.05. The number of nitrogens with zero attached hydrogens (tertiary/aromatic N) is 2. The molecule has 3 heterocycles. The zero-order valence-corrected chi connectivity index (χ0v) is 20.8. The van der Waals surface area contributed by atoms with E-state index in [4.69, 9.17) is 14.2 Å². The minimum Gasteiger partial charge on any atom is -0.495 e. The van der Waals surface area contributed by atoms with E-state index in [1.807, 2.05) is 23.3 Å². The summed E-state index contributed by atoms with van der Waals surface area (Å²) in [6.45, 7) is 3.63. The Morgan fingerprint density at radius 2 is 2.03 bits per heavy atom. The van der Waals surface area contributed by atoms with Crippen LogP contribution >= 0.6 is 11.8 Å². The number of thioether (sulfide) groups is 1. The van der Waals surface area contributed by atoms with E-state index in [0.29, 0.717) is 5.94 Å². The molecule has 3 fully saturated rings. The second kappa shape index (κ2) is 8.47. The van der Waals surface area contributed by atoms with Gasteiger partial charge in [-0.2, -0.15) is 0 Å². The lowest BCUT2D eigenvalue weighted by molar-refractivity contribution is -0.178. The maximum atomic E-state index is 13.1. The second-order valence-electron chi connectivity index (χ2n) is 9.84. The van der Waals surface area contributed by atoms with E-state index in [1.165, 1.54) is 12.7 Å². The van der Waals surface area contributed by atoms with Gasteiger partial charge in [-0.1, -0.05) is 12.1 Å². The number of esters is 1. The van der Waals surface area contributed by atoms with Gasteiger partial charge in [0.05, 0.1) is 25.8 Å². The smallest absolute Gasteiger partial charge is 0.335 e. The van der Waals surface area contributed by atoms with Gasteiger partial charge in [0.15, 0.2) is 6.10 Å². The molecule has 5 atom stereocenters. The van der Waals surface area contributed by atoms with Gasteiger partial charge in [-0.15, -0.1) is 11.8 Å². The summed E-state index contributed by atoms with van der Waals surface area (Å²) in [7, 11) is 3.13. The molecule has 2 saturated heterocycles. The van der Waals surface area contributed by atoms with Crippen LogP contribution in [0.1, 0.15) is 44.6 Å². The number of fused-ring (bicyclic) bond motifs is 1. The topological polar surface area (TPSA) is 68.3 Å². The first kappa shape index (κ1) is 23.0. The summed E-state index contributed by atoms with van der Waals surface area (Å²) in [5.74, 6) is 0.968. The molecule has 1 unspecified atom stereocenters. The third kappa shape index (κ3) is 3.03. The molecule has 0 bridgehead atoms. The highest BCUT2D eigenvalue weighted by Crippen LogP contribution is 2.66. The fraction of sp³-hybridized carbons (Fsp3) is 0.680. The zero-order chi connectivity index (χ0) is 23.4. The molecule has 0 N–H and O–H groups in total. The fourth-order valence-electron chi connectivity index (χ4n) is 7.84. The fourth-order valence-corrected chi connectivity index (χ4v) is 8.11. The van der Waals surface area contributed by atoms with Crippen molar-refractivity contribution < 1.29 is 23.8 Å². The van der Waals surface area contributed by atoms with E-state index in [0.717, 1.165) is 56.6 Å². The third-order valence-electron chi connectivity index (χ3n) is 8.68. The Morgan fingerprint density at radius 3 is 2.73 bits per heavy atom. The molecule has 4 aliphatic rings. The van der Waals surface area contributed by atoms with Crippen molar-refractivity contribution in [3.63, 3.8) is 0 Å². The van der Waals surface area contributed by atoms with Crippen LogP contribution in [-0.4, -0.2) is 74.5 Å². The SMILES string of the molecule is COC(=O)C(OCSC)[C@@]12CCCN3CC[C@]4(c5cccc(OC)c5N(C(C)=O)[C@@H]4CC1)[C@H]32. The minimum absolute atomic E-state index is 0.0486. The summed E-state index contributed by atoms with van der Waals surface area (Å²) in [6, 6.07) is 6.33. The summed E-state index contributed by atoms with van der Waals surface area (Å²) in [4.78, 5) is 30.7. The Kier molecular flexibility index (Phi) is 5.90. The van der Waals surface area contributed by atoms with Crippen molar-refractivity contribution in [3.05, 3.63) is 23.8 Å². The van der Waals surface area contributed by atoms with Crippen molar-refractivity contribution >= 4 is 29.3 Å². The van der Waals surface area contributed by atoms with Gasteiger partial charge in [-0.05, 0) is 63.1 Å². The normalized spacial score (nSPS) is 33.2. The molecule has 1 spiro atoms. The number of hydrogen-bond acceptors (Lipinski definition) is 7. The number of para-hydroxylation sites is 1. The van der Waals surface area contributed by atoms with Crippen molar-refractivity contribution in [3.8, 4) is 5.75 Å². The van der Waals surface area contributed by atoms with Gasteiger partial charge < -0.3 is 19.1 Å².